The van der Waals surface area contributed by atoms with Gasteiger partial charge >= 0.3 is 0 Å². The Labute approximate surface area is 189 Å². The molecule has 2 aliphatic carbocycles. The van der Waals surface area contributed by atoms with Gasteiger partial charge in [0.25, 0.3) is 0 Å². The summed E-state index contributed by atoms with van der Waals surface area (Å²) in [5, 5.41) is 7.21. The number of nitrogens with one attached hydrogen (secondary N) is 2. The van der Waals surface area contributed by atoms with Gasteiger partial charge in [-0.15, -0.1) is 0 Å². The maximum atomic E-state index is 12.4. The summed E-state index contributed by atoms with van der Waals surface area (Å²) < 4.78 is 0. The highest BCUT2D eigenvalue weighted by Gasteiger charge is 2.31. The van der Waals surface area contributed by atoms with Gasteiger partial charge in [0.1, 0.15) is 0 Å². The molecule has 0 aromatic heterocycles. The normalized spacial score (nSPS) is 27.7. The van der Waals surface area contributed by atoms with Crippen molar-refractivity contribution in [1.82, 2.24) is 25.3 Å². The van der Waals surface area contributed by atoms with Crippen LogP contribution in [0.1, 0.15) is 64.2 Å². The largest absolute Gasteiger partial charge is 0.355 e. The third-order valence-corrected chi connectivity index (χ3v) is 7.97. The van der Waals surface area contributed by atoms with Crippen molar-refractivity contribution in [1.29, 1.82) is 0 Å². The molecule has 0 radical (unpaired) electrons. The number of rotatable bonds is 6. The van der Waals surface area contributed by atoms with Crippen LogP contribution < -0.4 is 10.6 Å². The van der Waals surface area contributed by atoms with Crippen molar-refractivity contribution in [3.63, 3.8) is 0 Å². The lowest BCUT2D eigenvalue weighted by Gasteiger charge is -2.40. The van der Waals surface area contributed by atoms with Crippen LogP contribution in [0.25, 0.3) is 0 Å². The Morgan fingerprint density at radius 2 is 1.68 bits per heavy atom. The average molecular weight is 433 g/mol. The lowest BCUT2D eigenvalue weighted by atomic mass is 9.84. The highest BCUT2D eigenvalue weighted by atomic mass is 16.2. The molecule has 176 valence electrons. The molecule has 0 bridgehead atoms. The van der Waals surface area contributed by atoms with Crippen molar-refractivity contribution in [3.05, 3.63) is 0 Å². The molecule has 31 heavy (non-hydrogen) atoms. The molecule has 7 nitrogen and oxygen atoms in total. The van der Waals surface area contributed by atoms with Gasteiger partial charge in [-0.2, -0.15) is 0 Å². The predicted molar refractivity (Wildman–Crippen MR) is 126 cm³/mol. The van der Waals surface area contributed by atoms with Crippen molar-refractivity contribution < 1.29 is 4.79 Å². The van der Waals surface area contributed by atoms with Crippen LogP contribution in [-0.2, 0) is 4.79 Å². The van der Waals surface area contributed by atoms with Crippen LogP contribution in [0.15, 0.2) is 4.99 Å². The van der Waals surface area contributed by atoms with Gasteiger partial charge in [-0.25, -0.2) is 0 Å². The van der Waals surface area contributed by atoms with E-state index >= 15 is 0 Å². The zero-order chi connectivity index (χ0) is 21.5. The van der Waals surface area contributed by atoms with Gasteiger partial charge in [0.2, 0.25) is 5.91 Å². The first-order valence-electron chi connectivity index (χ1n) is 13.0. The molecule has 4 rings (SSSR count). The highest BCUT2D eigenvalue weighted by molar-refractivity contribution is 5.80. The van der Waals surface area contributed by atoms with Crippen molar-refractivity contribution >= 4 is 11.9 Å². The molecule has 2 aliphatic heterocycles. The molecule has 4 aliphatic rings. The molecule has 7 heteroatoms. The number of guanidine groups is 1. The molecule has 0 aromatic carbocycles. The number of aliphatic imine (C=N–C) groups is 1. The number of nitrogens with zero attached hydrogens (tertiary/aromatic N) is 4. The summed E-state index contributed by atoms with van der Waals surface area (Å²) in [5.74, 6) is 1.68. The molecule has 1 atom stereocenters. The molecule has 2 N–H and O–H groups in total. The summed E-state index contributed by atoms with van der Waals surface area (Å²) in [7, 11) is 1.88. The summed E-state index contributed by atoms with van der Waals surface area (Å²) >= 11 is 0. The van der Waals surface area contributed by atoms with E-state index in [2.05, 4.69) is 30.3 Å². The molecular weight excluding hydrogens is 388 g/mol. The Balaban J connectivity index is 1.13. The number of carbonyl (C=O) groups is 1. The standard InChI is InChI=1S/C24H44N6O/c1-25-24(27-21-9-6-13-30(19-21)22-10-3-2-4-11-22)26-12-14-28-15-17-29(18-16-28)23(31)20-7-5-8-20/h20-22H,2-19H2,1H3,(H2,25,26,27). The fraction of sp³-hybridized carbons (Fsp3) is 0.917. The van der Waals surface area contributed by atoms with E-state index in [1.54, 1.807) is 0 Å². The second kappa shape index (κ2) is 11.5. The number of hydrogen-bond donors (Lipinski definition) is 2. The molecular formula is C24H44N6O. The molecule has 2 heterocycles. The SMILES string of the molecule is CN=C(NCCN1CCN(C(=O)C2CCC2)CC1)NC1CCCN(C2CCCCC2)C1. The van der Waals surface area contributed by atoms with Gasteiger partial charge in [0.15, 0.2) is 5.96 Å². The Morgan fingerprint density at radius 1 is 0.903 bits per heavy atom. The maximum absolute atomic E-state index is 12.4. The van der Waals surface area contributed by atoms with E-state index in [4.69, 9.17) is 0 Å². The predicted octanol–water partition coefficient (Wildman–Crippen LogP) is 1.89. The van der Waals surface area contributed by atoms with Gasteiger partial charge < -0.3 is 15.5 Å². The summed E-state index contributed by atoms with van der Waals surface area (Å²) in [6.45, 7) is 8.09. The lowest BCUT2D eigenvalue weighted by Crippen LogP contribution is -2.55. The first kappa shape index (κ1) is 22.8. The number of piperazine rings is 1. The van der Waals surface area contributed by atoms with Crippen LogP contribution in [-0.4, -0.2) is 98.1 Å². The first-order valence-corrected chi connectivity index (χ1v) is 13.0. The van der Waals surface area contributed by atoms with Gasteiger partial charge in [0, 0.05) is 70.9 Å². The van der Waals surface area contributed by atoms with Gasteiger partial charge in [-0.05, 0) is 45.1 Å². The number of carbonyl (C=O) groups excluding carboxylic acids is 1. The number of likely N-dealkylation sites (tertiary alicyclic amines) is 1. The fourth-order valence-electron chi connectivity index (χ4n) is 5.73. The maximum Gasteiger partial charge on any atom is 0.225 e. The molecule has 1 unspecified atom stereocenters. The van der Waals surface area contributed by atoms with E-state index in [1.807, 2.05) is 7.05 Å². The number of amides is 1. The van der Waals surface area contributed by atoms with Gasteiger partial charge in [-0.1, -0.05) is 25.7 Å². The van der Waals surface area contributed by atoms with Crippen LogP contribution in [0, 0.1) is 5.92 Å². The Kier molecular flexibility index (Phi) is 8.48. The van der Waals surface area contributed by atoms with Crippen LogP contribution >= 0.6 is 0 Å². The third kappa shape index (κ3) is 6.35. The topological polar surface area (TPSA) is 63.2 Å². The summed E-state index contributed by atoms with van der Waals surface area (Å²) in [6.07, 6.45) is 13.0. The van der Waals surface area contributed by atoms with Crippen molar-refractivity contribution in [2.45, 2.75) is 76.3 Å². The van der Waals surface area contributed by atoms with E-state index in [-0.39, 0.29) is 0 Å². The van der Waals surface area contributed by atoms with Gasteiger partial charge in [-0.3, -0.25) is 19.6 Å². The van der Waals surface area contributed by atoms with Crippen molar-refractivity contribution in [3.8, 4) is 0 Å². The Hall–Kier alpha value is -1.34. The zero-order valence-electron chi connectivity index (χ0n) is 19.7. The Morgan fingerprint density at radius 3 is 2.35 bits per heavy atom. The second-order valence-electron chi connectivity index (χ2n) is 10.1. The minimum atomic E-state index is 0.330. The minimum absolute atomic E-state index is 0.330. The number of hydrogen-bond acceptors (Lipinski definition) is 4. The van der Waals surface area contributed by atoms with E-state index < -0.39 is 0 Å². The minimum Gasteiger partial charge on any atom is -0.355 e. The summed E-state index contributed by atoms with van der Waals surface area (Å²) in [4.78, 5) is 24.2. The third-order valence-electron chi connectivity index (χ3n) is 7.97. The molecule has 2 saturated carbocycles. The summed E-state index contributed by atoms with van der Waals surface area (Å²) in [5.41, 5.74) is 0. The smallest absolute Gasteiger partial charge is 0.225 e. The van der Waals surface area contributed by atoms with Crippen LogP contribution in [0.2, 0.25) is 0 Å². The quantitative estimate of drug-likeness (QED) is 0.496. The second-order valence-corrected chi connectivity index (χ2v) is 10.1. The molecule has 0 aromatic rings. The van der Waals surface area contributed by atoms with Crippen LogP contribution in [0.5, 0.6) is 0 Å². The van der Waals surface area contributed by atoms with E-state index in [0.717, 1.165) is 70.7 Å². The lowest BCUT2D eigenvalue weighted by molar-refractivity contribution is -0.139. The monoisotopic (exact) mass is 432 g/mol. The van der Waals surface area contributed by atoms with Crippen LogP contribution in [0.4, 0.5) is 0 Å². The van der Waals surface area contributed by atoms with E-state index in [1.165, 1.54) is 57.9 Å². The van der Waals surface area contributed by atoms with Crippen LogP contribution in [0.3, 0.4) is 0 Å². The fourth-order valence-corrected chi connectivity index (χ4v) is 5.73. The molecule has 0 spiro atoms. The molecule has 2 saturated heterocycles. The average Bonchev–Trinajstić information content (AvgIpc) is 2.78. The van der Waals surface area contributed by atoms with Crippen molar-refractivity contribution in [2.24, 2.45) is 10.9 Å². The number of piperidine rings is 1. The van der Waals surface area contributed by atoms with Gasteiger partial charge in [0.05, 0.1) is 0 Å². The molecule has 4 fully saturated rings. The van der Waals surface area contributed by atoms with E-state index in [9.17, 15) is 4.79 Å². The van der Waals surface area contributed by atoms with Crippen molar-refractivity contribution in [2.75, 3.05) is 59.4 Å². The highest BCUT2D eigenvalue weighted by Crippen LogP contribution is 2.28. The molecule has 1 amide bonds. The van der Waals surface area contributed by atoms with E-state index in [0.29, 0.717) is 17.9 Å². The summed E-state index contributed by atoms with van der Waals surface area (Å²) in [6, 6.07) is 1.31. The Bertz CT molecular complexity index is 593. The first-order chi connectivity index (χ1) is 15.2. The zero-order valence-corrected chi connectivity index (χ0v) is 19.7.